The van der Waals surface area contributed by atoms with Gasteiger partial charge in [0.2, 0.25) is 5.91 Å². The summed E-state index contributed by atoms with van der Waals surface area (Å²) in [5, 5.41) is 6.56. The lowest BCUT2D eigenvalue weighted by atomic mass is 10.2. The predicted molar refractivity (Wildman–Crippen MR) is 110 cm³/mol. The van der Waals surface area contributed by atoms with Crippen LogP contribution in [0.2, 0.25) is 5.02 Å². The Bertz CT molecular complexity index is 948. The van der Waals surface area contributed by atoms with Gasteiger partial charge in [-0.25, -0.2) is 14.6 Å². The van der Waals surface area contributed by atoms with Gasteiger partial charge < -0.3 is 4.90 Å². The van der Waals surface area contributed by atoms with Gasteiger partial charge in [-0.2, -0.15) is 5.10 Å². The van der Waals surface area contributed by atoms with Crippen LogP contribution in [-0.4, -0.2) is 48.4 Å². The normalized spacial score (nSPS) is 11.5. The first-order chi connectivity index (χ1) is 12.9. The van der Waals surface area contributed by atoms with Crippen LogP contribution in [-0.2, 0) is 4.79 Å². The maximum atomic E-state index is 12.6. The molecule has 6 nitrogen and oxygen atoms in total. The summed E-state index contributed by atoms with van der Waals surface area (Å²) in [5.41, 5.74) is 1.42. The van der Waals surface area contributed by atoms with Crippen molar-refractivity contribution in [3.8, 4) is 5.69 Å². The molecular formula is C19H22ClN5OS. The minimum Gasteiger partial charge on any atom is -0.337 e. The molecule has 0 saturated carbocycles. The quantitative estimate of drug-likeness (QED) is 0.455. The molecule has 2 heterocycles. The average Bonchev–Trinajstić information content (AvgIpc) is 3.04. The van der Waals surface area contributed by atoms with E-state index in [2.05, 4.69) is 15.1 Å². The Morgan fingerprint density at radius 2 is 1.89 bits per heavy atom. The fourth-order valence-electron chi connectivity index (χ4n) is 3.11. The van der Waals surface area contributed by atoms with E-state index in [0.29, 0.717) is 16.4 Å². The third kappa shape index (κ3) is 4.09. The van der Waals surface area contributed by atoms with Crippen molar-refractivity contribution in [2.75, 3.05) is 5.75 Å². The Hall–Kier alpha value is -2.12. The summed E-state index contributed by atoms with van der Waals surface area (Å²) < 4.78 is 1.69. The number of para-hydroxylation sites is 1. The van der Waals surface area contributed by atoms with Crippen molar-refractivity contribution < 1.29 is 4.79 Å². The maximum Gasteiger partial charge on any atom is 0.233 e. The lowest BCUT2D eigenvalue weighted by Crippen LogP contribution is -2.43. The number of carbonyl (C=O) groups is 1. The molecule has 0 unspecified atom stereocenters. The molecule has 0 bridgehead atoms. The number of halogens is 1. The largest absolute Gasteiger partial charge is 0.337 e. The van der Waals surface area contributed by atoms with Gasteiger partial charge in [0.25, 0.3) is 0 Å². The van der Waals surface area contributed by atoms with Gasteiger partial charge in [0.1, 0.15) is 11.4 Å². The number of hydrogen-bond acceptors (Lipinski definition) is 5. The molecule has 0 aliphatic rings. The highest BCUT2D eigenvalue weighted by Gasteiger charge is 2.21. The van der Waals surface area contributed by atoms with Gasteiger partial charge >= 0.3 is 0 Å². The maximum absolute atomic E-state index is 12.6. The number of aromatic nitrogens is 4. The predicted octanol–water partition coefficient (Wildman–Crippen LogP) is 4.21. The van der Waals surface area contributed by atoms with Crippen LogP contribution < -0.4 is 0 Å². The zero-order valence-corrected chi connectivity index (χ0v) is 17.3. The number of benzene rings is 1. The standard InChI is InChI=1S/C19H22ClN5OS/c1-12(2)24(13(3)4)17(26)10-27-19-14-9-23-25(18(14)21-11-22-19)16-8-6-5-7-15(16)20/h5-9,11-13H,10H2,1-4H3. The SMILES string of the molecule is CC(C)N(C(=O)CSc1ncnc2c1cnn2-c1ccccc1Cl)C(C)C. The van der Waals surface area contributed by atoms with E-state index in [-0.39, 0.29) is 18.0 Å². The van der Waals surface area contributed by atoms with Crippen molar-refractivity contribution in [3.05, 3.63) is 41.8 Å². The van der Waals surface area contributed by atoms with Crippen LogP contribution in [0.4, 0.5) is 0 Å². The molecule has 3 rings (SSSR count). The third-order valence-corrected chi connectivity index (χ3v) is 5.45. The highest BCUT2D eigenvalue weighted by atomic mass is 35.5. The first-order valence-electron chi connectivity index (χ1n) is 8.77. The Morgan fingerprint density at radius 1 is 1.19 bits per heavy atom. The van der Waals surface area contributed by atoms with Crippen LogP contribution in [0.3, 0.4) is 0 Å². The molecule has 1 aromatic carbocycles. The molecule has 8 heteroatoms. The van der Waals surface area contributed by atoms with Crippen molar-refractivity contribution in [2.45, 2.75) is 44.8 Å². The van der Waals surface area contributed by atoms with Gasteiger partial charge in [0.15, 0.2) is 5.65 Å². The van der Waals surface area contributed by atoms with Crippen molar-refractivity contribution in [2.24, 2.45) is 0 Å². The van der Waals surface area contributed by atoms with Crippen LogP contribution in [0, 0.1) is 0 Å². The van der Waals surface area contributed by atoms with E-state index in [9.17, 15) is 4.79 Å². The van der Waals surface area contributed by atoms with Crippen LogP contribution in [0.15, 0.2) is 41.8 Å². The highest BCUT2D eigenvalue weighted by molar-refractivity contribution is 8.00. The summed E-state index contributed by atoms with van der Waals surface area (Å²) >= 11 is 7.70. The topological polar surface area (TPSA) is 63.9 Å². The molecule has 0 N–H and O–H groups in total. The van der Waals surface area contributed by atoms with Crippen LogP contribution in [0.1, 0.15) is 27.7 Å². The van der Waals surface area contributed by atoms with E-state index in [1.54, 1.807) is 10.9 Å². The Labute approximate surface area is 167 Å². The lowest BCUT2D eigenvalue weighted by Gasteiger charge is -2.30. The molecule has 1 amide bonds. The van der Waals surface area contributed by atoms with Gasteiger partial charge in [0, 0.05) is 12.1 Å². The number of hydrogen-bond donors (Lipinski definition) is 0. The fourth-order valence-corrected chi connectivity index (χ4v) is 4.16. The second-order valence-electron chi connectivity index (χ2n) is 6.70. The van der Waals surface area contributed by atoms with E-state index >= 15 is 0 Å². The molecule has 2 aromatic heterocycles. The monoisotopic (exact) mass is 403 g/mol. The molecule has 0 saturated heterocycles. The molecule has 0 aliphatic heterocycles. The van der Waals surface area contributed by atoms with Crippen LogP contribution in [0.5, 0.6) is 0 Å². The Morgan fingerprint density at radius 3 is 2.56 bits per heavy atom. The van der Waals surface area contributed by atoms with E-state index < -0.39 is 0 Å². The first-order valence-corrected chi connectivity index (χ1v) is 10.1. The molecular weight excluding hydrogens is 382 g/mol. The molecule has 0 spiro atoms. The first kappa shape index (κ1) is 19.6. The lowest BCUT2D eigenvalue weighted by molar-refractivity contribution is -0.131. The fraction of sp³-hybridized carbons (Fsp3) is 0.368. The highest BCUT2D eigenvalue weighted by Crippen LogP contribution is 2.28. The van der Waals surface area contributed by atoms with Crippen LogP contribution >= 0.6 is 23.4 Å². The van der Waals surface area contributed by atoms with Crippen molar-refractivity contribution in [1.82, 2.24) is 24.6 Å². The Balaban J connectivity index is 1.87. The molecule has 27 heavy (non-hydrogen) atoms. The third-order valence-electron chi connectivity index (χ3n) is 4.14. The molecule has 0 atom stereocenters. The van der Waals surface area contributed by atoms with E-state index in [1.807, 2.05) is 56.9 Å². The Kier molecular flexibility index (Phi) is 6.01. The van der Waals surface area contributed by atoms with Crippen LogP contribution in [0.25, 0.3) is 16.7 Å². The molecule has 142 valence electrons. The van der Waals surface area contributed by atoms with Crippen molar-refractivity contribution in [3.63, 3.8) is 0 Å². The number of thioether (sulfide) groups is 1. The van der Waals surface area contributed by atoms with Gasteiger partial charge in [-0.1, -0.05) is 35.5 Å². The van der Waals surface area contributed by atoms with Gasteiger partial charge in [-0.15, -0.1) is 0 Å². The minimum atomic E-state index is 0.0928. The molecule has 3 aromatic rings. The summed E-state index contributed by atoms with van der Waals surface area (Å²) in [5.74, 6) is 0.412. The van der Waals surface area contributed by atoms with E-state index in [1.165, 1.54) is 18.1 Å². The van der Waals surface area contributed by atoms with Crippen molar-refractivity contribution >= 4 is 40.3 Å². The summed E-state index contributed by atoms with van der Waals surface area (Å²) in [6, 6.07) is 7.78. The summed E-state index contributed by atoms with van der Waals surface area (Å²) in [4.78, 5) is 23.2. The smallest absolute Gasteiger partial charge is 0.233 e. The number of rotatable bonds is 6. The minimum absolute atomic E-state index is 0.0928. The second-order valence-corrected chi connectivity index (χ2v) is 8.07. The van der Waals surface area contributed by atoms with Crippen molar-refractivity contribution in [1.29, 1.82) is 0 Å². The zero-order valence-electron chi connectivity index (χ0n) is 15.8. The molecule has 0 fully saturated rings. The zero-order chi connectivity index (χ0) is 19.6. The summed E-state index contributed by atoms with van der Waals surface area (Å²) in [7, 11) is 0. The number of nitrogens with zero attached hydrogens (tertiary/aromatic N) is 5. The van der Waals surface area contributed by atoms with E-state index in [0.717, 1.165) is 16.1 Å². The van der Waals surface area contributed by atoms with Gasteiger partial charge in [-0.05, 0) is 39.8 Å². The van der Waals surface area contributed by atoms with E-state index in [4.69, 9.17) is 11.6 Å². The van der Waals surface area contributed by atoms with Gasteiger partial charge in [0.05, 0.1) is 28.0 Å². The summed E-state index contributed by atoms with van der Waals surface area (Å²) in [6.45, 7) is 8.11. The number of fused-ring (bicyclic) bond motifs is 1. The molecule has 0 radical (unpaired) electrons. The summed E-state index contributed by atoms with van der Waals surface area (Å²) in [6.07, 6.45) is 3.21. The molecule has 0 aliphatic carbocycles. The number of amides is 1. The van der Waals surface area contributed by atoms with Gasteiger partial charge in [-0.3, -0.25) is 4.79 Å². The second kappa shape index (κ2) is 8.27. The number of carbonyl (C=O) groups excluding carboxylic acids is 1. The average molecular weight is 404 g/mol.